The molecule has 0 saturated heterocycles. The lowest BCUT2D eigenvalue weighted by Gasteiger charge is -2.55. The van der Waals surface area contributed by atoms with Gasteiger partial charge in [-0.3, -0.25) is 4.79 Å². The Labute approximate surface area is 284 Å². The lowest BCUT2D eigenvalue weighted by atomic mass is 9.49. The van der Waals surface area contributed by atoms with Crippen molar-refractivity contribution in [1.29, 1.82) is 0 Å². The molecule has 4 saturated carbocycles. The zero-order valence-electron chi connectivity index (χ0n) is 28.3. The summed E-state index contributed by atoms with van der Waals surface area (Å²) in [6.45, 7) is 6.51. The van der Waals surface area contributed by atoms with Crippen molar-refractivity contribution in [3.63, 3.8) is 0 Å². The van der Waals surface area contributed by atoms with Gasteiger partial charge in [0, 0.05) is 10.8 Å². The average molecular weight is 675 g/mol. The predicted molar refractivity (Wildman–Crippen MR) is 179 cm³/mol. The quantitative estimate of drug-likeness (QED) is 0.113. The van der Waals surface area contributed by atoms with E-state index in [9.17, 15) is 4.79 Å². The van der Waals surface area contributed by atoms with Gasteiger partial charge in [-0.2, -0.15) is 0 Å². The zero-order chi connectivity index (χ0) is 33.3. The van der Waals surface area contributed by atoms with E-state index in [1.165, 1.54) is 19.3 Å². The van der Waals surface area contributed by atoms with Crippen LogP contribution in [0, 0.1) is 23.2 Å². The number of aliphatic hydroxyl groups is 1. The first-order valence-corrected chi connectivity index (χ1v) is 17.7. The number of esters is 1. The molecule has 0 radical (unpaired) electrons. The largest absolute Gasteiger partial charge is 0.491 e. The number of rotatable bonds is 26. The zero-order valence-corrected chi connectivity index (χ0v) is 28.3. The summed E-state index contributed by atoms with van der Waals surface area (Å²) in [6, 6.07) is 11.8. The van der Waals surface area contributed by atoms with Crippen LogP contribution in [0.5, 0.6) is 11.5 Å². The molecule has 4 aliphatic carbocycles. The molecule has 11 heteroatoms. The lowest BCUT2D eigenvalue weighted by Crippen LogP contribution is -2.50. The minimum absolute atomic E-state index is 0.0106. The molecule has 1 N–H and O–H groups in total. The summed E-state index contributed by atoms with van der Waals surface area (Å²) in [5.74, 6) is 3.76. The van der Waals surface area contributed by atoms with Gasteiger partial charge in [0.15, 0.2) is 0 Å². The third-order valence-electron chi connectivity index (χ3n) is 9.47. The number of hydrogen-bond acceptors (Lipinski definition) is 11. The van der Waals surface area contributed by atoms with Crippen LogP contribution in [0.25, 0.3) is 10.8 Å². The minimum atomic E-state index is -0.205. The first-order valence-electron chi connectivity index (χ1n) is 17.7. The molecular weight excluding hydrogens is 620 g/mol. The summed E-state index contributed by atoms with van der Waals surface area (Å²) in [5.41, 5.74) is -0.205. The Morgan fingerprint density at radius 1 is 0.542 bits per heavy atom. The van der Waals surface area contributed by atoms with Gasteiger partial charge in [-0.1, -0.05) is 24.3 Å². The van der Waals surface area contributed by atoms with E-state index in [1.807, 2.05) is 36.4 Å². The lowest BCUT2D eigenvalue weighted by molar-refractivity contribution is -0.173. The molecule has 2 aromatic carbocycles. The predicted octanol–water partition coefficient (Wildman–Crippen LogP) is 4.45. The first-order chi connectivity index (χ1) is 23.7. The van der Waals surface area contributed by atoms with E-state index in [0.29, 0.717) is 99.1 Å². The molecule has 0 amide bonds. The van der Waals surface area contributed by atoms with Gasteiger partial charge in [0.05, 0.1) is 91.3 Å². The Morgan fingerprint density at radius 3 is 1.33 bits per heavy atom. The highest BCUT2D eigenvalue weighted by Gasteiger charge is 2.55. The van der Waals surface area contributed by atoms with E-state index in [4.69, 9.17) is 47.7 Å². The topological polar surface area (TPSA) is 120 Å². The van der Waals surface area contributed by atoms with Gasteiger partial charge in [0.25, 0.3) is 0 Å². The van der Waals surface area contributed by atoms with Crippen molar-refractivity contribution in [3.05, 3.63) is 36.4 Å². The molecule has 0 unspecified atom stereocenters. The van der Waals surface area contributed by atoms with Crippen molar-refractivity contribution in [1.82, 2.24) is 0 Å². The number of fused-ring (bicyclic) bond motifs is 1. The Bertz CT molecular complexity index is 1190. The van der Waals surface area contributed by atoms with Gasteiger partial charge in [0.1, 0.15) is 31.3 Å². The van der Waals surface area contributed by atoms with Gasteiger partial charge in [-0.25, -0.2) is 0 Å². The smallest absolute Gasteiger partial charge is 0.312 e. The highest BCUT2D eigenvalue weighted by molar-refractivity contribution is 5.93. The maximum atomic E-state index is 12.9. The summed E-state index contributed by atoms with van der Waals surface area (Å²) in [6.07, 6.45) is 7.04. The van der Waals surface area contributed by atoms with Crippen LogP contribution in [0.1, 0.15) is 38.5 Å². The highest BCUT2D eigenvalue weighted by atomic mass is 16.6. The SMILES string of the molecule is O=C(OCCOCCOCCOCCOc1cccc2c(OCCOCCOCCOCCO)cccc12)C12CC3CC(CC(C3)C1)C2. The second-order valence-electron chi connectivity index (χ2n) is 13.0. The van der Waals surface area contributed by atoms with Crippen molar-refractivity contribution in [2.45, 2.75) is 38.5 Å². The second-order valence-corrected chi connectivity index (χ2v) is 13.0. The van der Waals surface area contributed by atoms with E-state index in [0.717, 1.165) is 59.3 Å². The van der Waals surface area contributed by atoms with Crippen LogP contribution in [-0.2, 0) is 38.0 Å². The van der Waals surface area contributed by atoms with Crippen LogP contribution in [0.4, 0.5) is 0 Å². The molecule has 4 bridgehead atoms. The average Bonchev–Trinajstić information content (AvgIpc) is 3.08. The van der Waals surface area contributed by atoms with E-state index in [-0.39, 0.29) is 18.0 Å². The number of benzene rings is 2. The molecule has 6 rings (SSSR count). The minimum Gasteiger partial charge on any atom is -0.491 e. The number of carbonyl (C=O) groups excluding carboxylic acids is 1. The van der Waals surface area contributed by atoms with Gasteiger partial charge in [-0.05, 0) is 68.4 Å². The number of ether oxygens (including phenoxy) is 9. The van der Waals surface area contributed by atoms with Gasteiger partial charge in [-0.15, -0.1) is 0 Å². The molecule has 4 fully saturated rings. The molecular formula is C37H54O11. The third-order valence-corrected chi connectivity index (χ3v) is 9.47. The number of carbonyl (C=O) groups is 1. The maximum absolute atomic E-state index is 12.9. The van der Waals surface area contributed by atoms with E-state index in [1.54, 1.807) is 0 Å². The molecule has 2 aromatic rings. The Hall–Kier alpha value is -2.51. The number of aliphatic hydroxyl groups excluding tert-OH is 1. The normalized spacial score (nSPS) is 22.7. The van der Waals surface area contributed by atoms with Crippen LogP contribution < -0.4 is 9.47 Å². The van der Waals surface area contributed by atoms with Crippen molar-refractivity contribution in [2.24, 2.45) is 23.2 Å². The van der Waals surface area contributed by atoms with Crippen LogP contribution in [-0.4, -0.2) is 117 Å². The Balaban J connectivity index is 0.850. The standard InChI is InChI=1S/C37H54O11/c38-7-8-40-9-10-41-11-14-43-17-20-46-34-5-1-4-33-32(34)3-2-6-35(33)47-21-18-44-15-12-42-13-16-45-19-22-48-36(39)37-26-29-23-30(27-37)25-31(24-29)28-37/h1-6,29-31,38H,7-28H2. The van der Waals surface area contributed by atoms with Crippen molar-refractivity contribution >= 4 is 16.7 Å². The molecule has 48 heavy (non-hydrogen) atoms. The van der Waals surface area contributed by atoms with Crippen LogP contribution >= 0.6 is 0 Å². The molecule has 0 aliphatic heterocycles. The Kier molecular flexibility index (Phi) is 15.5. The summed E-state index contributed by atoms with van der Waals surface area (Å²) >= 11 is 0. The van der Waals surface area contributed by atoms with Crippen molar-refractivity contribution in [3.8, 4) is 11.5 Å². The maximum Gasteiger partial charge on any atom is 0.312 e. The third kappa shape index (κ3) is 11.3. The fourth-order valence-electron chi connectivity index (χ4n) is 7.78. The van der Waals surface area contributed by atoms with Gasteiger partial charge >= 0.3 is 5.97 Å². The van der Waals surface area contributed by atoms with Gasteiger partial charge < -0.3 is 47.7 Å². The van der Waals surface area contributed by atoms with E-state index >= 15 is 0 Å². The summed E-state index contributed by atoms with van der Waals surface area (Å²) in [5, 5.41) is 10.6. The number of hydrogen-bond donors (Lipinski definition) is 1. The molecule has 0 spiro atoms. The second kappa shape index (κ2) is 20.2. The summed E-state index contributed by atoms with van der Waals surface area (Å²) in [7, 11) is 0. The fourth-order valence-corrected chi connectivity index (χ4v) is 7.78. The molecule has 4 aliphatic rings. The molecule has 0 atom stereocenters. The van der Waals surface area contributed by atoms with Crippen molar-refractivity contribution < 1.29 is 52.5 Å². The van der Waals surface area contributed by atoms with Crippen LogP contribution in [0.3, 0.4) is 0 Å². The fraction of sp³-hybridized carbons (Fsp3) is 0.703. The monoisotopic (exact) mass is 674 g/mol. The van der Waals surface area contributed by atoms with Crippen LogP contribution in [0.2, 0.25) is 0 Å². The van der Waals surface area contributed by atoms with E-state index in [2.05, 4.69) is 0 Å². The molecule has 11 nitrogen and oxygen atoms in total. The Morgan fingerprint density at radius 2 is 0.917 bits per heavy atom. The highest BCUT2D eigenvalue weighted by Crippen LogP contribution is 2.60. The summed E-state index contributed by atoms with van der Waals surface area (Å²) in [4.78, 5) is 12.9. The molecule has 0 aromatic heterocycles. The molecule has 0 heterocycles. The van der Waals surface area contributed by atoms with E-state index < -0.39 is 0 Å². The molecule has 268 valence electrons. The first kappa shape index (κ1) is 36.8. The van der Waals surface area contributed by atoms with Crippen LogP contribution in [0.15, 0.2) is 36.4 Å². The summed E-state index contributed by atoms with van der Waals surface area (Å²) < 4.78 is 50.7. The van der Waals surface area contributed by atoms with Gasteiger partial charge in [0.2, 0.25) is 0 Å². The van der Waals surface area contributed by atoms with Crippen molar-refractivity contribution in [2.75, 3.05) is 106 Å².